The van der Waals surface area contributed by atoms with Crippen molar-refractivity contribution in [1.29, 1.82) is 0 Å². The number of para-hydroxylation sites is 1. The minimum atomic E-state index is -0.639. The van der Waals surface area contributed by atoms with Crippen LogP contribution in [0.2, 0.25) is 0 Å². The normalized spacial score (nSPS) is 14.7. The number of rotatable bonds is 11. The van der Waals surface area contributed by atoms with Crippen molar-refractivity contribution in [2.24, 2.45) is 5.10 Å². The molecule has 0 aromatic heterocycles. The number of halogens is 2. The number of esters is 1. The summed E-state index contributed by atoms with van der Waals surface area (Å²) >= 11 is 8.73. The van der Waals surface area contributed by atoms with Crippen LogP contribution >= 0.6 is 28.1 Å². The molecule has 1 aliphatic heterocycles. The third-order valence-corrected chi connectivity index (χ3v) is 6.74. The van der Waals surface area contributed by atoms with Crippen LogP contribution in [0.25, 0.3) is 0 Å². The van der Waals surface area contributed by atoms with Gasteiger partial charge in [0.15, 0.2) is 11.7 Å². The molecular weight excluding hydrogens is 627 g/mol. The van der Waals surface area contributed by atoms with Crippen molar-refractivity contribution in [1.82, 2.24) is 16.1 Å². The van der Waals surface area contributed by atoms with E-state index in [4.69, 9.17) is 26.4 Å². The molecule has 0 bridgehead atoms. The zero-order chi connectivity index (χ0) is 30.1. The maximum Gasteiger partial charge on any atom is 0.338 e. The second-order valence-electron chi connectivity index (χ2n) is 9.01. The van der Waals surface area contributed by atoms with E-state index in [1.807, 2.05) is 6.07 Å². The van der Waals surface area contributed by atoms with Crippen LogP contribution in [-0.4, -0.2) is 36.4 Å². The van der Waals surface area contributed by atoms with E-state index in [0.29, 0.717) is 39.0 Å². The van der Waals surface area contributed by atoms with Crippen LogP contribution in [0.5, 0.6) is 11.5 Å². The average Bonchev–Trinajstić information content (AvgIpc) is 2.96. The molecule has 0 fully saturated rings. The Kier molecular flexibility index (Phi) is 10.6. The van der Waals surface area contributed by atoms with E-state index in [0.717, 1.165) is 10.0 Å². The lowest BCUT2D eigenvalue weighted by molar-refractivity contribution is -0.139. The number of benzene rings is 3. The van der Waals surface area contributed by atoms with Crippen molar-refractivity contribution in [3.63, 3.8) is 0 Å². The number of thiocarbonyl (C=S) groups is 1. The van der Waals surface area contributed by atoms with E-state index in [2.05, 4.69) is 37.1 Å². The average molecular weight is 656 g/mol. The number of nitrogens with zero attached hydrogens (tertiary/aromatic N) is 1. The Hall–Kier alpha value is -4.29. The summed E-state index contributed by atoms with van der Waals surface area (Å²) in [6.45, 7) is 3.58. The van der Waals surface area contributed by atoms with Crippen LogP contribution in [0.3, 0.4) is 0 Å². The van der Waals surface area contributed by atoms with E-state index >= 15 is 0 Å². The van der Waals surface area contributed by atoms with Gasteiger partial charge < -0.3 is 24.8 Å². The van der Waals surface area contributed by atoms with Crippen LogP contribution < -0.4 is 25.5 Å². The van der Waals surface area contributed by atoms with E-state index < -0.39 is 17.9 Å². The number of hydrogen-bond acceptors (Lipinski definition) is 7. The lowest BCUT2D eigenvalue weighted by atomic mass is 9.95. The number of carbonyl (C=O) groups excluding carboxylic acids is 2. The number of allylic oxidation sites excluding steroid dienone is 1. The fourth-order valence-corrected chi connectivity index (χ4v) is 4.75. The smallest absolute Gasteiger partial charge is 0.338 e. The SMILES string of the molecule is CCOC(=O)C1=C(C)NC(=S)N[C@H]1c1ccccc1OCC(=O)NN=Cc1cc(Br)ccc1OCc1ccc(F)cc1. The van der Waals surface area contributed by atoms with Gasteiger partial charge in [-0.15, -0.1) is 0 Å². The van der Waals surface area contributed by atoms with Crippen LogP contribution in [0.1, 0.15) is 36.6 Å². The molecule has 3 aromatic carbocycles. The van der Waals surface area contributed by atoms with Crippen molar-refractivity contribution in [2.75, 3.05) is 13.2 Å². The molecule has 0 saturated carbocycles. The molecule has 4 rings (SSSR count). The molecule has 42 heavy (non-hydrogen) atoms. The monoisotopic (exact) mass is 654 g/mol. The van der Waals surface area contributed by atoms with E-state index in [-0.39, 0.29) is 25.6 Å². The number of nitrogens with one attached hydrogen (secondary N) is 3. The fourth-order valence-electron chi connectivity index (χ4n) is 4.10. The molecule has 1 aliphatic rings. The van der Waals surface area contributed by atoms with E-state index in [9.17, 15) is 14.0 Å². The highest BCUT2D eigenvalue weighted by atomic mass is 79.9. The summed E-state index contributed by atoms with van der Waals surface area (Å²) in [6, 6.07) is 17.8. The van der Waals surface area contributed by atoms with Gasteiger partial charge in [-0.3, -0.25) is 4.79 Å². The van der Waals surface area contributed by atoms with Gasteiger partial charge in [0, 0.05) is 21.3 Å². The highest BCUT2D eigenvalue weighted by Crippen LogP contribution is 2.33. The molecule has 9 nitrogen and oxygen atoms in total. The number of hydrazone groups is 1. The van der Waals surface area contributed by atoms with Crippen molar-refractivity contribution in [2.45, 2.75) is 26.5 Å². The first-order valence-electron chi connectivity index (χ1n) is 12.9. The highest BCUT2D eigenvalue weighted by molar-refractivity contribution is 9.10. The van der Waals surface area contributed by atoms with E-state index in [1.165, 1.54) is 18.3 Å². The van der Waals surface area contributed by atoms with Crippen LogP contribution in [0.15, 0.2) is 87.6 Å². The first kappa shape index (κ1) is 30.7. The van der Waals surface area contributed by atoms with Gasteiger partial charge in [-0.1, -0.05) is 46.3 Å². The van der Waals surface area contributed by atoms with Crippen molar-refractivity contribution in [3.05, 3.63) is 105 Å². The van der Waals surface area contributed by atoms with Crippen LogP contribution in [-0.2, 0) is 20.9 Å². The minimum absolute atomic E-state index is 0.216. The highest BCUT2D eigenvalue weighted by Gasteiger charge is 2.32. The topological polar surface area (TPSA) is 110 Å². The molecule has 3 aromatic rings. The zero-order valence-electron chi connectivity index (χ0n) is 22.8. The number of ether oxygens (including phenoxy) is 3. The van der Waals surface area contributed by atoms with Crippen LogP contribution in [0.4, 0.5) is 4.39 Å². The molecule has 0 radical (unpaired) electrons. The van der Waals surface area contributed by atoms with Crippen molar-refractivity contribution in [3.8, 4) is 11.5 Å². The Morgan fingerprint density at radius 2 is 1.86 bits per heavy atom. The predicted molar refractivity (Wildman–Crippen MR) is 163 cm³/mol. The lowest BCUT2D eigenvalue weighted by Gasteiger charge is -2.30. The lowest BCUT2D eigenvalue weighted by Crippen LogP contribution is -2.45. The molecular formula is C30H28BrFN4O5S. The summed E-state index contributed by atoms with van der Waals surface area (Å²) in [5.41, 5.74) is 5.40. The molecule has 12 heteroatoms. The number of carbonyl (C=O) groups is 2. The van der Waals surface area contributed by atoms with Crippen molar-refractivity contribution < 1.29 is 28.2 Å². The molecule has 0 unspecified atom stereocenters. The third-order valence-electron chi connectivity index (χ3n) is 6.03. The van der Waals surface area contributed by atoms with Gasteiger partial charge in [0.25, 0.3) is 5.91 Å². The first-order valence-corrected chi connectivity index (χ1v) is 14.1. The Morgan fingerprint density at radius 3 is 2.62 bits per heavy atom. The first-order chi connectivity index (χ1) is 20.2. The molecule has 1 heterocycles. The predicted octanol–water partition coefficient (Wildman–Crippen LogP) is 5.05. The quantitative estimate of drug-likeness (QED) is 0.114. The number of amides is 1. The Balaban J connectivity index is 1.41. The molecule has 0 aliphatic carbocycles. The van der Waals surface area contributed by atoms with Gasteiger partial charge in [-0.2, -0.15) is 5.10 Å². The zero-order valence-corrected chi connectivity index (χ0v) is 25.2. The van der Waals surface area contributed by atoms with Gasteiger partial charge in [-0.25, -0.2) is 14.6 Å². The summed E-state index contributed by atoms with van der Waals surface area (Å²) in [4.78, 5) is 25.3. The molecule has 0 spiro atoms. The van der Waals surface area contributed by atoms with Gasteiger partial charge in [0.2, 0.25) is 0 Å². The summed E-state index contributed by atoms with van der Waals surface area (Å²) in [5.74, 6) is -0.400. The molecule has 1 amide bonds. The van der Waals surface area contributed by atoms with Crippen molar-refractivity contribution >= 4 is 51.4 Å². The standard InChI is InChI=1S/C30H28BrFN4O5S/c1-3-39-29(38)27-18(2)34-30(42)35-28(27)23-6-4-5-7-25(23)41-17-26(37)36-33-15-20-14-21(31)10-13-24(20)40-16-19-8-11-22(32)12-9-19/h4-15,28H,3,16-17H2,1-2H3,(H,36,37)(H2,34,35,42)/t28-/m0/s1. The van der Waals surface area contributed by atoms with Gasteiger partial charge >= 0.3 is 5.97 Å². The van der Waals surface area contributed by atoms with Gasteiger partial charge in [0.1, 0.15) is 23.9 Å². The Labute approximate surface area is 256 Å². The number of hydrogen-bond donors (Lipinski definition) is 3. The second-order valence-corrected chi connectivity index (χ2v) is 10.3. The Bertz CT molecular complexity index is 1530. The Morgan fingerprint density at radius 1 is 1.10 bits per heavy atom. The summed E-state index contributed by atoms with van der Waals surface area (Å²) in [5, 5.41) is 10.4. The van der Waals surface area contributed by atoms with Gasteiger partial charge in [-0.05, 0) is 68.0 Å². The maximum atomic E-state index is 13.2. The summed E-state index contributed by atoms with van der Waals surface area (Å²) in [7, 11) is 0. The largest absolute Gasteiger partial charge is 0.488 e. The fraction of sp³-hybridized carbons (Fsp3) is 0.200. The second kappa shape index (κ2) is 14.6. The molecule has 1 atom stereocenters. The molecule has 0 saturated heterocycles. The van der Waals surface area contributed by atoms with Gasteiger partial charge in [0.05, 0.1) is 24.4 Å². The summed E-state index contributed by atoms with van der Waals surface area (Å²) < 4.78 is 30.9. The van der Waals surface area contributed by atoms with Crippen LogP contribution in [0, 0.1) is 5.82 Å². The summed E-state index contributed by atoms with van der Waals surface area (Å²) in [6.07, 6.45) is 1.45. The minimum Gasteiger partial charge on any atom is -0.488 e. The maximum absolute atomic E-state index is 13.2. The molecule has 218 valence electrons. The molecule has 3 N–H and O–H groups in total. The van der Waals surface area contributed by atoms with E-state index in [1.54, 1.807) is 62.4 Å². The third kappa shape index (κ3) is 8.14.